The zero-order valence-corrected chi connectivity index (χ0v) is 11.3. The number of carbonyl (C=O) groups is 1. The molecule has 0 saturated heterocycles. The van der Waals surface area contributed by atoms with E-state index in [-0.39, 0.29) is 17.3 Å². The van der Waals surface area contributed by atoms with E-state index in [1.807, 2.05) is 6.92 Å². The van der Waals surface area contributed by atoms with E-state index in [0.29, 0.717) is 12.5 Å². The van der Waals surface area contributed by atoms with Crippen LogP contribution >= 0.6 is 0 Å². The molecule has 0 spiro atoms. The van der Waals surface area contributed by atoms with Gasteiger partial charge in [0.15, 0.2) is 0 Å². The van der Waals surface area contributed by atoms with Gasteiger partial charge < -0.3 is 10.6 Å². The zero-order valence-electron chi connectivity index (χ0n) is 11.3. The summed E-state index contributed by atoms with van der Waals surface area (Å²) in [7, 11) is 0. The largest absolute Gasteiger partial charge is 0.418 e. The molecule has 0 radical (unpaired) electrons. The summed E-state index contributed by atoms with van der Waals surface area (Å²) in [5, 5.41) is 5.41. The molecule has 110 valence electrons. The van der Waals surface area contributed by atoms with Crippen LogP contribution in [-0.4, -0.2) is 18.5 Å². The number of nitrogens with one attached hydrogen (secondary N) is 2. The van der Waals surface area contributed by atoms with Crippen LogP contribution in [0.5, 0.6) is 0 Å². The van der Waals surface area contributed by atoms with Crippen LogP contribution in [-0.2, 0) is 6.18 Å². The van der Waals surface area contributed by atoms with E-state index in [0.717, 1.165) is 12.5 Å². The monoisotopic (exact) mass is 286 g/mol. The lowest BCUT2D eigenvalue weighted by Gasteiger charge is -2.17. The molecule has 1 aliphatic carbocycles. The molecule has 6 heteroatoms. The van der Waals surface area contributed by atoms with E-state index in [9.17, 15) is 18.0 Å². The average molecular weight is 286 g/mol. The lowest BCUT2D eigenvalue weighted by molar-refractivity contribution is -0.137. The maximum Gasteiger partial charge on any atom is 0.418 e. The number of hydrogen-bond acceptors (Lipinski definition) is 2. The van der Waals surface area contributed by atoms with E-state index < -0.39 is 17.6 Å². The second-order valence-electron chi connectivity index (χ2n) is 5.05. The van der Waals surface area contributed by atoms with Crippen molar-refractivity contribution in [2.45, 2.75) is 32.5 Å². The molecule has 1 aromatic rings. The number of hydrogen-bond donors (Lipinski definition) is 2. The first kappa shape index (κ1) is 14.7. The van der Waals surface area contributed by atoms with Gasteiger partial charge in [-0.1, -0.05) is 13.0 Å². The maximum absolute atomic E-state index is 13.0. The van der Waals surface area contributed by atoms with Crippen molar-refractivity contribution in [1.29, 1.82) is 0 Å². The highest BCUT2D eigenvalue weighted by Gasteiger charge is 2.37. The van der Waals surface area contributed by atoms with Gasteiger partial charge in [0.05, 0.1) is 16.8 Å². The number of carbonyl (C=O) groups excluding carboxylic acids is 1. The van der Waals surface area contributed by atoms with Crippen LogP contribution in [0.4, 0.5) is 18.9 Å². The quantitative estimate of drug-likeness (QED) is 0.892. The van der Waals surface area contributed by atoms with Crippen molar-refractivity contribution in [2.24, 2.45) is 5.92 Å². The van der Waals surface area contributed by atoms with Crippen molar-refractivity contribution in [3.05, 3.63) is 29.3 Å². The van der Waals surface area contributed by atoms with E-state index in [2.05, 4.69) is 10.6 Å². The molecule has 2 rings (SSSR count). The fourth-order valence-corrected chi connectivity index (χ4v) is 2.11. The number of amides is 1. The van der Waals surface area contributed by atoms with Gasteiger partial charge >= 0.3 is 6.18 Å². The molecule has 0 aliphatic heterocycles. The normalized spacial score (nSPS) is 21.4. The van der Waals surface area contributed by atoms with Gasteiger partial charge in [0.1, 0.15) is 0 Å². The Hall–Kier alpha value is -1.72. The molecule has 20 heavy (non-hydrogen) atoms. The van der Waals surface area contributed by atoms with Crippen molar-refractivity contribution < 1.29 is 18.0 Å². The summed E-state index contributed by atoms with van der Waals surface area (Å²) in [6.45, 7) is 3.99. The summed E-state index contributed by atoms with van der Waals surface area (Å²) in [5.41, 5.74) is -0.912. The minimum Gasteiger partial charge on any atom is -0.384 e. The lowest BCUT2D eigenvalue weighted by atomic mass is 10.1. The molecular formula is C14H17F3N2O. The van der Waals surface area contributed by atoms with E-state index in [1.165, 1.54) is 12.1 Å². The Morgan fingerprint density at radius 1 is 1.40 bits per heavy atom. The number of para-hydroxylation sites is 1. The molecule has 1 aromatic carbocycles. The second-order valence-corrected chi connectivity index (χ2v) is 5.05. The number of alkyl halides is 3. The van der Waals surface area contributed by atoms with Crippen molar-refractivity contribution in [3.63, 3.8) is 0 Å². The van der Waals surface area contributed by atoms with Gasteiger partial charge in [-0.15, -0.1) is 0 Å². The molecule has 2 N–H and O–H groups in total. The Bertz CT molecular complexity index is 514. The van der Waals surface area contributed by atoms with Crippen molar-refractivity contribution >= 4 is 11.6 Å². The summed E-state index contributed by atoms with van der Waals surface area (Å²) in [4.78, 5) is 12.1. The van der Waals surface area contributed by atoms with Crippen molar-refractivity contribution in [2.75, 3.05) is 11.9 Å². The molecule has 2 atom stereocenters. The third-order valence-corrected chi connectivity index (χ3v) is 3.39. The van der Waals surface area contributed by atoms with Gasteiger partial charge in [-0.2, -0.15) is 13.2 Å². The van der Waals surface area contributed by atoms with Crippen LogP contribution in [0, 0.1) is 5.92 Å². The molecule has 0 aromatic heterocycles. The van der Waals surface area contributed by atoms with E-state index in [4.69, 9.17) is 0 Å². The van der Waals surface area contributed by atoms with Crippen LogP contribution < -0.4 is 10.6 Å². The minimum atomic E-state index is -4.49. The highest BCUT2D eigenvalue weighted by Crippen LogP contribution is 2.37. The molecule has 0 heterocycles. The maximum atomic E-state index is 13.0. The fraction of sp³-hybridized carbons (Fsp3) is 0.500. The average Bonchev–Trinajstić information content (AvgIpc) is 3.04. The molecule has 0 bridgehead atoms. The Morgan fingerprint density at radius 3 is 2.55 bits per heavy atom. The fourth-order valence-electron chi connectivity index (χ4n) is 2.11. The third-order valence-electron chi connectivity index (χ3n) is 3.39. The van der Waals surface area contributed by atoms with Crippen molar-refractivity contribution in [1.82, 2.24) is 5.32 Å². The zero-order chi connectivity index (χ0) is 14.9. The van der Waals surface area contributed by atoms with E-state index >= 15 is 0 Å². The Kier molecular flexibility index (Phi) is 3.92. The summed E-state index contributed by atoms with van der Waals surface area (Å²) in [5.74, 6) is -0.0614. The molecule has 1 amide bonds. The first-order chi connectivity index (χ1) is 9.34. The summed E-state index contributed by atoms with van der Waals surface area (Å²) < 4.78 is 38.9. The first-order valence-electron chi connectivity index (χ1n) is 6.59. The first-order valence-corrected chi connectivity index (χ1v) is 6.59. The molecule has 3 nitrogen and oxygen atoms in total. The number of anilines is 1. The standard InChI is InChI=1S/C14H17F3N2O/c1-3-18-12-9(13(20)19-11-7-8(11)2)5-4-6-10(12)14(15,16)17/h4-6,8,11,18H,3,7H2,1-2H3,(H,19,20). The van der Waals surface area contributed by atoms with Crippen LogP contribution in [0.15, 0.2) is 18.2 Å². The Balaban J connectivity index is 2.33. The van der Waals surface area contributed by atoms with Gasteiger partial charge in [0, 0.05) is 12.6 Å². The van der Waals surface area contributed by atoms with Crippen LogP contribution in [0.2, 0.25) is 0 Å². The SMILES string of the molecule is CCNc1c(C(=O)NC2CC2C)cccc1C(F)(F)F. The molecule has 1 aliphatic rings. The summed E-state index contributed by atoms with van der Waals surface area (Å²) in [6.07, 6.45) is -3.61. The summed E-state index contributed by atoms with van der Waals surface area (Å²) in [6, 6.07) is 3.73. The Labute approximate surface area is 115 Å². The van der Waals surface area contributed by atoms with Crippen LogP contribution in [0.1, 0.15) is 36.2 Å². The molecule has 1 saturated carbocycles. The predicted molar refractivity (Wildman–Crippen MR) is 70.6 cm³/mol. The second kappa shape index (κ2) is 5.34. The minimum absolute atomic E-state index is 0.0424. The van der Waals surface area contributed by atoms with Gasteiger partial charge in [0.25, 0.3) is 5.91 Å². The number of benzene rings is 1. The Morgan fingerprint density at radius 2 is 2.05 bits per heavy atom. The summed E-state index contributed by atoms with van der Waals surface area (Å²) >= 11 is 0. The van der Waals surface area contributed by atoms with Gasteiger partial charge in [0.2, 0.25) is 0 Å². The number of halogens is 3. The topological polar surface area (TPSA) is 41.1 Å². The smallest absolute Gasteiger partial charge is 0.384 e. The third kappa shape index (κ3) is 3.05. The van der Waals surface area contributed by atoms with Crippen LogP contribution in [0.3, 0.4) is 0 Å². The molecule has 1 fully saturated rings. The van der Waals surface area contributed by atoms with Gasteiger partial charge in [-0.25, -0.2) is 0 Å². The van der Waals surface area contributed by atoms with Crippen molar-refractivity contribution in [3.8, 4) is 0 Å². The molecule has 2 unspecified atom stereocenters. The highest BCUT2D eigenvalue weighted by atomic mass is 19.4. The molecular weight excluding hydrogens is 269 g/mol. The number of rotatable bonds is 4. The van der Waals surface area contributed by atoms with Gasteiger partial charge in [-0.05, 0) is 31.4 Å². The van der Waals surface area contributed by atoms with Gasteiger partial charge in [-0.3, -0.25) is 4.79 Å². The highest BCUT2D eigenvalue weighted by molar-refractivity contribution is 6.00. The lowest BCUT2D eigenvalue weighted by Crippen LogP contribution is -2.28. The predicted octanol–water partition coefficient (Wildman–Crippen LogP) is 3.28. The van der Waals surface area contributed by atoms with E-state index in [1.54, 1.807) is 6.92 Å². The van der Waals surface area contributed by atoms with Crippen LogP contribution in [0.25, 0.3) is 0 Å².